The van der Waals surface area contributed by atoms with Crippen LogP contribution < -0.4 is 10.4 Å². The molecule has 0 N–H and O–H groups in total. The molecular formula is C18H20N3O7P. The average molecular weight is 421 g/mol. The molecule has 0 aromatic heterocycles. The molecule has 0 bridgehead atoms. The number of aryl methyl sites for hydroxylation is 1. The molecule has 2 aromatic carbocycles. The number of benzene rings is 2. The van der Waals surface area contributed by atoms with Crippen molar-refractivity contribution in [2.24, 2.45) is 0 Å². The highest BCUT2D eigenvalue weighted by Crippen LogP contribution is 2.60. The van der Waals surface area contributed by atoms with Crippen LogP contribution in [0.2, 0.25) is 0 Å². The fourth-order valence-electron chi connectivity index (χ4n) is 3.48. The maximum absolute atomic E-state index is 11.1. The molecule has 0 aliphatic carbocycles. The second-order valence-corrected chi connectivity index (χ2v) is 10.9. The van der Waals surface area contributed by atoms with Crippen LogP contribution in [0.25, 0.3) is 0 Å². The summed E-state index contributed by atoms with van der Waals surface area (Å²) in [5.74, 6) is -1.46. The van der Waals surface area contributed by atoms with E-state index in [1.165, 1.54) is 24.9 Å². The first kappa shape index (κ1) is 22.2. The van der Waals surface area contributed by atoms with Gasteiger partial charge in [-0.15, -0.1) is 0 Å². The first-order chi connectivity index (χ1) is 13.7. The van der Waals surface area contributed by atoms with Crippen molar-refractivity contribution < 1.29 is 19.9 Å². The zero-order chi connectivity index (χ0) is 21.8. The highest BCUT2D eigenvalue weighted by atomic mass is 31.2. The van der Waals surface area contributed by atoms with Crippen LogP contribution in [0.15, 0.2) is 36.4 Å². The van der Waals surface area contributed by atoms with Crippen LogP contribution in [-0.2, 0) is 6.42 Å². The van der Waals surface area contributed by atoms with Gasteiger partial charge in [-0.1, -0.05) is 18.2 Å². The first-order valence-electron chi connectivity index (χ1n) is 8.89. The van der Waals surface area contributed by atoms with Crippen molar-refractivity contribution >= 4 is 29.6 Å². The molecule has 0 fully saturated rings. The molecule has 0 saturated carbocycles. The average Bonchev–Trinajstić information content (AvgIpc) is 3.07. The van der Waals surface area contributed by atoms with Gasteiger partial charge in [0.15, 0.2) is 0 Å². The zero-order valence-corrected chi connectivity index (χ0v) is 16.8. The molecular weight excluding hydrogens is 401 g/mol. The Kier molecular flexibility index (Phi) is 6.81. The fourth-order valence-corrected chi connectivity index (χ4v) is 7.35. The highest BCUT2D eigenvalue weighted by Gasteiger charge is 2.42. The lowest BCUT2D eigenvalue weighted by Gasteiger charge is -2.19. The quantitative estimate of drug-likeness (QED) is 0.407. The van der Waals surface area contributed by atoms with Gasteiger partial charge >= 0.3 is 0 Å². The summed E-state index contributed by atoms with van der Waals surface area (Å²) in [6.45, 7) is 4.75. The Hall–Kier alpha value is -3.13. The van der Waals surface area contributed by atoms with Crippen LogP contribution in [-0.4, -0.2) is 33.3 Å². The smallest absolute Gasteiger partial charge is 0.283 e. The van der Waals surface area contributed by atoms with Crippen LogP contribution in [0.1, 0.15) is 19.4 Å². The van der Waals surface area contributed by atoms with E-state index in [0.717, 1.165) is 0 Å². The topological polar surface area (TPSA) is 152 Å². The SMILES string of the molecule is CC[P+]1(CC)CCc2ccccc21.O=[N+]([O-])c1cc([N+](=O)[O-])c([O-])c([N+](=O)[O-])c1. The van der Waals surface area contributed by atoms with Crippen molar-refractivity contribution in [2.45, 2.75) is 20.3 Å². The van der Waals surface area contributed by atoms with Crippen LogP contribution in [0.3, 0.4) is 0 Å². The molecule has 1 aliphatic heterocycles. The minimum absolute atomic E-state index is 0.384. The van der Waals surface area contributed by atoms with Gasteiger partial charge in [0.2, 0.25) is 0 Å². The van der Waals surface area contributed by atoms with Gasteiger partial charge in [0, 0.05) is 13.7 Å². The van der Waals surface area contributed by atoms with E-state index in [2.05, 4.69) is 38.1 Å². The second kappa shape index (κ2) is 8.91. The molecule has 154 valence electrons. The van der Waals surface area contributed by atoms with Crippen molar-refractivity contribution in [3.8, 4) is 5.75 Å². The maximum Gasteiger partial charge on any atom is 0.283 e. The number of hydrogen-bond acceptors (Lipinski definition) is 7. The number of fused-ring (bicyclic) bond motifs is 1. The van der Waals surface area contributed by atoms with Gasteiger partial charge in [0.1, 0.15) is 0 Å². The Labute approximate surface area is 167 Å². The molecule has 0 amide bonds. The van der Waals surface area contributed by atoms with Gasteiger partial charge in [0.05, 0.1) is 56.4 Å². The predicted molar refractivity (Wildman–Crippen MR) is 109 cm³/mol. The summed E-state index contributed by atoms with van der Waals surface area (Å²) in [6.07, 6.45) is 5.62. The molecule has 0 unspecified atom stereocenters. The van der Waals surface area contributed by atoms with Crippen LogP contribution >= 0.6 is 7.26 Å². The van der Waals surface area contributed by atoms with Gasteiger partial charge in [-0.25, -0.2) is 0 Å². The normalized spacial score (nSPS) is 13.7. The van der Waals surface area contributed by atoms with Crippen molar-refractivity contribution in [3.05, 3.63) is 72.3 Å². The molecule has 0 radical (unpaired) electrons. The van der Waals surface area contributed by atoms with Gasteiger partial charge in [0.25, 0.3) is 17.1 Å². The number of hydrogen-bond donors (Lipinski definition) is 0. The van der Waals surface area contributed by atoms with Gasteiger partial charge < -0.3 is 5.11 Å². The van der Waals surface area contributed by atoms with E-state index >= 15 is 0 Å². The van der Waals surface area contributed by atoms with Crippen LogP contribution in [0.5, 0.6) is 5.75 Å². The predicted octanol–water partition coefficient (Wildman–Crippen LogP) is 3.41. The molecule has 1 aliphatic rings. The number of nitro benzene ring substituents is 3. The van der Waals surface area contributed by atoms with Gasteiger partial charge in [-0.3, -0.25) is 30.3 Å². The zero-order valence-electron chi connectivity index (χ0n) is 15.9. The molecule has 0 atom stereocenters. The summed E-state index contributed by atoms with van der Waals surface area (Å²) in [7, 11) is -0.699. The number of rotatable bonds is 5. The summed E-state index contributed by atoms with van der Waals surface area (Å²) in [5, 5.41) is 43.8. The van der Waals surface area contributed by atoms with Crippen LogP contribution in [0.4, 0.5) is 17.1 Å². The monoisotopic (exact) mass is 421 g/mol. The highest BCUT2D eigenvalue weighted by molar-refractivity contribution is 7.83. The lowest BCUT2D eigenvalue weighted by atomic mass is 10.2. The Morgan fingerprint density at radius 1 is 0.897 bits per heavy atom. The molecule has 11 heteroatoms. The summed E-state index contributed by atoms with van der Waals surface area (Å²) in [4.78, 5) is 27.5. The largest absolute Gasteiger partial charge is 0.863 e. The van der Waals surface area contributed by atoms with E-state index in [1.54, 1.807) is 10.9 Å². The Morgan fingerprint density at radius 2 is 1.41 bits per heavy atom. The molecule has 0 spiro atoms. The number of nitrogens with zero attached hydrogens (tertiary/aromatic N) is 3. The lowest BCUT2D eigenvalue weighted by molar-refractivity contribution is -0.420. The van der Waals surface area contributed by atoms with E-state index in [4.69, 9.17) is 0 Å². The molecule has 2 aromatic rings. The van der Waals surface area contributed by atoms with E-state index in [-0.39, 0.29) is 0 Å². The molecule has 3 rings (SSSR count). The summed E-state index contributed by atoms with van der Waals surface area (Å²) < 4.78 is 0. The third-order valence-corrected chi connectivity index (χ3v) is 10.1. The standard InChI is InChI=1S/C12H18P.C6H3N3O7/c1-3-13(4-2)10-9-11-7-5-6-8-12(11)13;10-6-4(8(13)14)1-3(7(11)12)2-5(6)9(15)16/h5-8H,3-4,9-10H2,1-2H3;1-2,10H/q+1;/p-1. The van der Waals surface area contributed by atoms with E-state index in [9.17, 15) is 35.4 Å². The van der Waals surface area contributed by atoms with Crippen molar-refractivity contribution in [1.29, 1.82) is 0 Å². The lowest BCUT2D eigenvalue weighted by Crippen LogP contribution is -2.13. The molecule has 1 heterocycles. The van der Waals surface area contributed by atoms with Gasteiger partial charge in [-0.2, -0.15) is 0 Å². The second-order valence-electron chi connectivity index (χ2n) is 6.46. The molecule has 0 saturated heterocycles. The third-order valence-electron chi connectivity index (χ3n) is 5.16. The first-order valence-corrected chi connectivity index (χ1v) is 11.2. The number of non-ortho nitro benzene ring substituents is 1. The molecule has 10 nitrogen and oxygen atoms in total. The van der Waals surface area contributed by atoms with Crippen molar-refractivity contribution in [1.82, 2.24) is 0 Å². The van der Waals surface area contributed by atoms with E-state index < -0.39 is 44.8 Å². The number of nitro groups is 3. The Morgan fingerprint density at radius 3 is 1.86 bits per heavy atom. The summed E-state index contributed by atoms with van der Waals surface area (Å²) in [6, 6.07) is 9.87. The fraction of sp³-hybridized carbons (Fsp3) is 0.333. The summed E-state index contributed by atoms with van der Waals surface area (Å²) >= 11 is 0. The Balaban J connectivity index is 0.000000211. The summed E-state index contributed by atoms with van der Waals surface area (Å²) in [5.41, 5.74) is -1.63. The van der Waals surface area contributed by atoms with Crippen LogP contribution in [0, 0.1) is 30.3 Å². The Bertz CT molecular complexity index is 925. The minimum Gasteiger partial charge on any atom is -0.863 e. The van der Waals surface area contributed by atoms with Crippen molar-refractivity contribution in [3.63, 3.8) is 0 Å². The minimum atomic E-state index is -1.46. The van der Waals surface area contributed by atoms with Crippen molar-refractivity contribution in [2.75, 3.05) is 18.5 Å². The van der Waals surface area contributed by atoms with Gasteiger partial charge in [-0.05, 0) is 25.5 Å². The maximum atomic E-state index is 11.1. The third kappa shape index (κ3) is 4.48. The van der Waals surface area contributed by atoms with E-state index in [1.807, 2.05) is 0 Å². The molecule has 29 heavy (non-hydrogen) atoms. The van der Waals surface area contributed by atoms with E-state index in [0.29, 0.717) is 12.1 Å².